The predicted molar refractivity (Wildman–Crippen MR) is 76.7 cm³/mol. The van der Waals surface area contributed by atoms with Crippen LogP contribution < -0.4 is 0 Å². The predicted octanol–water partition coefficient (Wildman–Crippen LogP) is 3.65. The summed E-state index contributed by atoms with van der Waals surface area (Å²) in [5.41, 5.74) is 1.47. The summed E-state index contributed by atoms with van der Waals surface area (Å²) in [5.74, 6) is -0.616. The van der Waals surface area contributed by atoms with Crippen LogP contribution in [0.1, 0.15) is 51.3 Å². The summed E-state index contributed by atoms with van der Waals surface area (Å²) in [6, 6.07) is 3.87. The first kappa shape index (κ1) is 15.5. The molecule has 0 aliphatic carbocycles. The molecule has 0 bridgehead atoms. The molecule has 0 unspecified atom stereocenters. The molecule has 0 aliphatic heterocycles. The summed E-state index contributed by atoms with van der Waals surface area (Å²) in [4.78, 5) is 11.2. The number of phenolic OH excluding ortho intramolecular Hbond substituents is 1. The van der Waals surface area contributed by atoms with Crippen LogP contribution in [0, 0.1) is 12.3 Å². The van der Waals surface area contributed by atoms with Gasteiger partial charge in [-0.1, -0.05) is 32.9 Å². The molecule has 1 aromatic carbocycles. The fourth-order valence-electron chi connectivity index (χ4n) is 2.08. The highest BCUT2D eigenvalue weighted by atomic mass is 16.4. The fourth-order valence-corrected chi connectivity index (χ4v) is 2.08. The number of aromatic hydroxyl groups is 1. The van der Waals surface area contributed by atoms with Crippen LogP contribution in [0.15, 0.2) is 12.1 Å². The van der Waals surface area contributed by atoms with Crippen molar-refractivity contribution in [3.8, 4) is 5.75 Å². The van der Waals surface area contributed by atoms with Gasteiger partial charge in [0.15, 0.2) is 0 Å². The van der Waals surface area contributed by atoms with E-state index >= 15 is 0 Å². The van der Waals surface area contributed by atoms with Crippen molar-refractivity contribution in [1.29, 1.82) is 0 Å². The van der Waals surface area contributed by atoms with Crippen molar-refractivity contribution in [2.75, 3.05) is 0 Å². The van der Waals surface area contributed by atoms with Crippen molar-refractivity contribution >= 4 is 5.97 Å². The molecule has 0 heterocycles. The van der Waals surface area contributed by atoms with Gasteiger partial charge in [0.25, 0.3) is 0 Å². The Morgan fingerprint density at radius 3 is 2.11 bits per heavy atom. The summed E-state index contributed by atoms with van der Waals surface area (Å²) in [5, 5.41) is 19.7. The minimum Gasteiger partial charge on any atom is -0.507 e. The van der Waals surface area contributed by atoms with Gasteiger partial charge in [-0.3, -0.25) is 4.79 Å². The molecule has 0 aliphatic rings. The van der Waals surface area contributed by atoms with Crippen LogP contribution in [0.25, 0.3) is 0 Å². The van der Waals surface area contributed by atoms with E-state index in [1.807, 2.05) is 39.8 Å². The van der Waals surface area contributed by atoms with Gasteiger partial charge in [-0.2, -0.15) is 0 Å². The molecule has 0 saturated carbocycles. The smallest absolute Gasteiger partial charge is 0.309 e. The lowest BCUT2D eigenvalue weighted by molar-refractivity contribution is -0.146. The molecule has 3 nitrogen and oxygen atoms in total. The average Bonchev–Trinajstić information content (AvgIpc) is 2.21. The maximum absolute atomic E-state index is 11.2. The molecule has 0 atom stereocenters. The number of aliphatic carboxylic acids is 1. The van der Waals surface area contributed by atoms with Gasteiger partial charge in [-0.05, 0) is 49.3 Å². The van der Waals surface area contributed by atoms with Crippen LogP contribution in [-0.2, 0) is 16.6 Å². The van der Waals surface area contributed by atoms with E-state index < -0.39 is 11.4 Å². The Bertz CT molecular complexity index is 493. The maximum Gasteiger partial charge on any atom is 0.309 e. The van der Waals surface area contributed by atoms with E-state index in [4.69, 9.17) is 0 Å². The SMILES string of the molecule is Cc1ccc(C(C)(C)C)c(O)c1CC(C)(C)C(=O)O. The summed E-state index contributed by atoms with van der Waals surface area (Å²) in [7, 11) is 0. The van der Waals surface area contributed by atoms with Crippen LogP contribution in [-0.4, -0.2) is 16.2 Å². The molecule has 2 N–H and O–H groups in total. The van der Waals surface area contributed by atoms with Crippen LogP contribution in [0.3, 0.4) is 0 Å². The zero-order valence-corrected chi connectivity index (χ0v) is 12.7. The molecule has 106 valence electrons. The molecule has 0 aromatic heterocycles. The van der Waals surface area contributed by atoms with E-state index in [1.165, 1.54) is 0 Å². The molecule has 0 fully saturated rings. The number of benzene rings is 1. The standard InChI is InChI=1S/C16H24O3/c1-10-7-8-12(15(2,3)4)13(17)11(10)9-16(5,6)14(18)19/h7-8,17H,9H2,1-6H3,(H,18,19). The summed E-state index contributed by atoms with van der Waals surface area (Å²) in [6.07, 6.45) is 0.323. The largest absolute Gasteiger partial charge is 0.507 e. The van der Waals surface area contributed by atoms with Gasteiger partial charge in [0.05, 0.1) is 5.41 Å². The molecular weight excluding hydrogens is 240 g/mol. The highest BCUT2D eigenvalue weighted by Gasteiger charge is 2.30. The van der Waals surface area contributed by atoms with Crippen LogP contribution in [0.2, 0.25) is 0 Å². The van der Waals surface area contributed by atoms with Gasteiger partial charge in [0.1, 0.15) is 5.75 Å². The monoisotopic (exact) mass is 264 g/mol. The minimum absolute atomic E-state index is 0.167. The quantitative estimate of drug-likeness (QED) is 0.876. The van der Waals surface area contributed by atoms with Crippen molar-refractivity contribution in [1.82, 2.24) is 0 Å². The Morgan fingerprint density at radius 2 is 1.68 bits per heavy atom. The van der Waals surface area contributed by atoms with Crippen LogP contribution >= 0.6 is 0 Å². The Hall–Kier alpha value is -1.51. The van der Waals surface area contributed by atoms with Crippen LogP contribution in [0.5, 0.6) is 5.75 Å². The second kappa shape index (κ2) is 4.87. The maximum atomic E-state index is 11.2. The Morgan fingerprint density at radius 1 is 1.16 bits per heavy atom. The number of carboxylic acids is 1. The van der Waals surface area contributed by atoms with Crippen molar-refractivity contribution < 1.29 is 15.0 Å². The average molecular weight is 264 g/mol. The lowest BCUT2D eigenvalue weighted by atomic mass is 9.79. The number of hydrogen-bond acceptors (Lipinski definition) is 2. The van der Waals surface area contributed by atoms with Gasteiger partial charge in [-0.25, -0.2) is 0 Å². The molecule has 0 saturated heterocycles. The van der Waals surface area contributed by atoms with E-state index in [2.05, 4.69) is 0 Å². The van der Waals surface area contributed by atoms with Crippen molar-refractivity contribution in [3.63, 3.8) is 0 Å². The highest BCUT2D eigenvalue weighted by Crippen LogP contribution is 2.37. The third kappa shape index (κ3) is 3.28. The molecule has 3 heteroatoms. The van der Waals surface area contributed by atoms with E-state index in [0.717, 1.165) is 16.7 Å². The third-order valence-corrected chi connectivity index (χ3v) is 3.52. The molecule has 1 aromatic rings. The van der Waals surface area contributed by atoms with Gasteiger partial charge in [0.2, 0.25) is 0 Å². The second-order valence-electron chi connectivity index (χ2n) is 6.87. The molecule has 0 radical (unpaired) electrons. The molecular formula is C16H24O3. The lowest BCUT2D eigenvalue weighted by Gasteiger charge is -2.26. The van der Waals surface area contributed by atoms with E-state index in [0.29, 0.717) is 6.42 Å². The number of phenols is 1. The molecule has 0 amide bonds. The zero-order valence-electron chi connectivity index (χ0n) is 12.7. The van der Waals surface area contributed by atoms with E-state index in [-0.39, 0.29) is 11.2 Å². The van der Waals surface area contributed by atoms with Gasteiger partial charge < -0.3 is 10.2 Å². The van der Waals surface area contributed by atoms with Gasteiger partial charge >= 0.3 is 5.97 Å². The van der Waals surface area contributed by atoms with Gasteiger partial charge in [0, 0.05) is 0 Å². The summed E-state index contributed by atoms with van der Waals surface area (Å²) >= 11 is 0. The number of hydrogen-bond donors (Lipinski definition) is 2. The summed E-state index contributed by atoms with van der Waals surface area (Å²) < 4.78 is 0. The second-order valence-corrected chi connectivity index (χ2v) is 6.87. The number of aryl methyl sites for hydroxylation is 1. The number of carbonyl (C=O) groups is 1. The Kier molecular flexibility index (Phi) is 3.99. The molecule has 1 rings (SSSR count). The zero-order chi connectivity index (χ0) is 15.0. The number of carboxylic acid groups (broad SMARTS) is 1. The van der Waals surface area contributed by atoms with E-state index in [9.17, 15) is 15.0 Å². The first-order valence-corrected chi connectivity index (χ1v) is 6.52. The first-order chi connectivity index (χ1) is 8.47. The van der Waals surface area contributed by atoms with E-state index in [1.54, 1.807) is 13.8 Å². The van der Waals surface area contributed by atoms with Crippen molar-refractivity contribution in [2.24, 2.45) is 5.41 Å². The minimum atomic E-state index is -0.890. The first-order valence-electron chi connectivity index (χ1n) is 6.52. The normalized spacial score (nSPS) is 12.5. The third-order valence-electron chi connectivity index (χ3n) is 3.52. The molecule has 19 heavy (non-hydrogen) atoms. The van der Waals surface area contributed by atoms with Gasteiger partial charge in [-0.15, -0.1) is 0 Å². The Labute approximate surface area is 115 Å². The van der Waals surface area contributed by atoms with Crippen molar-refractivity contribution in [3.05, 3.63) is 28.8 Å². The number of rotatable bonds is 3. The fraction of sp³-hybridized carbons (Fsp3) is 0.562. The van der Waals surface area contributed by atoms with Crippen molar-refractivity contribution in [2.45, 2.75) is 53.4 Å². The summed E-state index contributed by atoms with van der Waals surface area (Å²) in [6.45, 7) is 11.4. The molecule has 0 spiro atoms. The van der Waals surface area contributed by atoms with Crippen LogP contribution in [0.4, 0.5) is 0 Å². The topological polar surface area (TPSA) is 57.5 Å². The Balaban J connectivity index is 3.33. The highest BCUT2D eigenvalue weighted by molar-refractivity contribution is 5.74. The lowest BCUT2D eigenvalue weighted by Crippen LogP contribution is -2.27.